The molecule has 0 aliphatic carbocycles. The molecule has 1 aliphatic heterocycles. The van der Waals surface area contributed by atoms with E-state index >= 15 is 0 Å². The van der Waals surface area contributed by atoms with Gasteiger partial charge >= 0.3 is 0 Å². The van der Waals surface area contributed by atoms with Crippen molar-refractivity contribution in [1.29, 1.82) is 0 Å². The molecular weight excluding hydrogens is 326 g/mol. The first-order chi connectivity index (χ1) is 11.4. The highest BCUT2D eigenvalue weighted by molar-refractivity contribution is 7.91. The fourth-order valence-electron chi connectivity index (χ4n) is 2.94. The van der Waals surface area contributed by atoms with Crippen LogP contribution in [0.5, 0.6) is 0 Å². The van der Waals surface area contributed by atoms with E-state index in [2.05, 4.69) is 0 Å². The number of sulfone groups is 1. The lowest BCUT2D eigenvalue weighted by atomic mass is 10.1. The molecule has 0 bridgehead atoms. The molecule has 1 fully saturated rings. The van der Waals surface area contributed by atoms with Crippen molar-refractivity contribution < 1.29 is 18.3 Å². The quantitative estimate of drug-likeness (QED) is 0.920. The lowest BCUT2D eigenvalue weighted by Gasteiger charge is -2.30. The molecule has 2 aromatic carbocycles. The third kappa shape index (κ3) is 3.34. The number of rotatable bonds is 3. The van der Waals surface area contributed by atoms with Crippen LogP contribution in [0.1, 0.15) is 15.9 Å². The highest BCUT2D eigenvalue weighted by Crippen LogP contribution is 2.27. The predicted octanol–water partition coefficient (Wildman–Crippen LogP) is 1.80. The van der Waals surface area contributed by atoms with E-state index in [1.807, 2.05) is 25.1 Å². The first-order valence-electron chi connectivity index (χ1n) is 7.71. The fraction of sp³-hybridized carbons (Fsp3) is 0.278. The Hall–Kier alpha value is -2.18. The van der Waals surface area contributed by atoms with Gasteiger partial charge in [-0.3, -0.25) is 4.79 Å². The van der Waals surface area contributed by atoms with Crippen molar-refractivity contribution in [3.8, 4) is 0 Å². The van der Waals surface area contributed by atoms with Gasteiger partial charge in [0.05, 0.1) is 23.7 Å². The van der Waals surface area contributed by atoms with E-state index in [0.29, 0.717) is 11.3 Å². The Morgan fingerprint density at radius 1 is 1.04 bits per heavy atom. The van der Waals surface area contributed by atoms with Crippen LogP contribution >= 0.6 is 0 Å². The Labute approximate surface area is 141 Å². The molecule has 1 aliphatic rings. The van der Waals surface area contributed by atoms with E-state index in [-0.39, 0.29) is 17.4 Å². The number of carbonyl (C=O) groups is 1. The number of amides is 1. The molecule has 0 saturated carbocycles. The van der Waals surface area contributed by atoms with Gasteiger partial charge in [0.25, 0.3) is 5.91 Å². The van der Waals surface area contributed by atoms with Crippen LogP contribution in [0.3, 0.4) is 0 Å². The van der Waals surface area contributed by atoms with Gasteiger partial charge in [-0.05, 0) is 31.2 Å². The molecule has 0 unspecified atom stereocenters. The van der Waals surface area contributed by atoms with Crippen LogP contribution in [-0.4, -0.2) is 43.1 Å². The summed E-state index contributed by atoms with van der Waals surface area (Å²) in [6.07, 6.45) is -1.09. The number of aliphatic hydroxyl groups excluding tert-OH is 1. The molecular formula is C18H19NO4S. The fourth-order valence-corrected chi connectivity index (χ4v) is 4.71. The summed E-state index contributed by atoms with van der Waals surface area (Å²) in [4.78, 5) is 14.4. The van der Waals surface area contributed by atoms with E-state index in [0.717, 1.165) is 5.56 Å². The molecule has 6 heteroatoms. The number of anilines is 1. The minimum Gasteiger partial charge on any atom is -0.390 e. The zero-order valence-electron chi connectivity index (χ0n) is 13.3. The number of aliphatic hydroxyl groups is 1. The normalized spacial score (nSPS) is 22.2. The maximum Gasteiger partial charge on any atom is 0.258 e. The van der Waals surface area contributed by atoms with Crippen LogP contribution in [0.15, 0.2) is 54.6 Å². The van der Waals surface area contributed by atoms with Crippen LogP contribution < -0.4 is 4.90 Å². The lowest BCUT2D eigenvalue weighted by molar-refractivity contribution is 0.0945. The van der Waals surface area contributed by atoms with Crippen LogP contribution in [0, 0.1) is 6.92 Å². The van der Waals surface area contributed by atoms with Gasteiger partial charge in [-0.25, -0.2) is 8.42 Å². The molecule has 1 saturated heterocycles. The second-order valence-corrected chi connectivity index (χ2v) is 8.24. The summed E-state index contributed by atoms with van der Waals surface area (Å²) in [5.74, 6) is -0.872. The monoisotopic (exact) mass is 345 g/mol. The number of hydrogen-bond donors (Lipinski definition) is 1. The number of carbonyl (C=O) groups excluding carboxylic acids is 1. The maximum absolute atomic E-state index is 13.0. The largest absolute Gasteiger partial charge is 0.390 e. The summed E-state index contributed by atoms with van der Waals surface area (Å²) in [7, 11) is -3.37. The zero-order valence-corrected chi connectivity index (χ0v) is 14.1. The first-order valence-corrected chi connectivity index (χ1v) is 9.53. The second kappa shape index (κ2) is 6.37. The van der Waals surface area contributed by atoms with Crippen LogP contribution in [-0.2, 0) is 9.84 Å². The summed E-state index contributed by atoms with van der Waals surface area (Å²) < 4.78 is 23.8. The Kier molecular flexibility index (Phi) is 4.43. The van der Waals surface area contributed by atoms with E-state index < -0.39 is 22.0 Å². The Morgan fingerprint density at radius 2 is 1.67 bits per heavy atom. The second-order valence-electron chi connectivity index (χ2n) is 6.09. The van der Waals surface area contributed by atoms with Gasteiger partial charge in [-0.2, -0.15) is 0 Å². The topological polar surface area (TPSA) is 74.7 Å². The molecule has 0 aromatic heterocycles. The van der Waals surface area contributed by atoms with Crippen molar-refractivity contribution in [2.45, 2.75) is 19.1 Å². The average molecular weight is 345 g/mol. The molecule has 1 N–H and O–H groups in total. The number of benzene rings is 2. The first kappa shape index (κ1) is 16.7. The minimum atomic E-state index is -3.37. The van der Waals surface area contributed by atoms with Crippen LogP contribution in [0.25, 0.3) is 0 Å². The van der Waals surface area contributed by atoms with Crippen molar-refractivity contribution in [2.75, 3.05) is 16.4 Å². The molecule has 24 heavy (non-hydrogen) atoms. The lowest BCUT2D eigenvalue weighted by Crippen LogP contribution is -2.47. The van der Waals surface area contributed by atoms with Gasteiger partial charge in [-0.1, -0.05) is 35.9 Å². The van der Waals surface area contributed by atoms with Gasteiger partial charge in [0.1, 0.15) is 0 Å². The summed E-state index contributed by atoms with van der Waals surface area (Å²) in [6.45, 7) is 1.93. The van der Waals surface area contributed by atoms with Gasteiger partial charge in [-0.15, -0.1) is 0 Å². The highest BCUT2D eigenvalue weighted by Gasteiger charge is 2.42. The minimum absolute atomic E-state index is 0.235. The van der Waals surface area contributed by atoms with Gasteiger partial charge in [0.2, 0.25) is 0 Å². The SMILES string of the molecule is Cc1ccc(N(C(=O)c2ccccc2)[C@@H]2CS(=O)(=O)C[C@@H]2O)cc1. The zero-order chi connectivity index (χ0) is 17.3. The molecule has 2 aromatic rings. The van der Waals surface area contributed by atoms with Gasteiger partial charge in [0.15, 0.2) is 9.84 Å². The summed E-state index contributed by atoms with van der Waals surface area (Å²) in [6, 6.07) is 15.1. The molecule has 2 atom stereocenters. The van der Waals surface area contributed by atoms with Gasteiger partial charge < -0.3 is 10.0 Å². The summed E-state index contributed by atoms with van der Waals surface area (Å²) in [5.41, 5.74) is 2.07. The summed E-state index contributed by atoms with van der Waals surface area (Å²) >= 11 is 0. The average Bonchev–Trinajstić information content (AvgIpc) is 2.83. The van der Waals surface area contributed by atoms with Crippen LogP contribution in [0.4, 0.5) is 5.69 Å². The maximum atomic E-state index is 13.0. The molecule has 1 heterocycles. The summed E-state index contributed by atoms with van der Waals surface area (Å²) in [5, 5.41) is 10.2. The van der Waals surface area contributed by atoms with E-state index in [9.17, 15) is 18.3 Å². The predicted molar refractivity (Wildman–Crippen MR) is 92.9 cm³/mol. The smallest absolute Gasteiger partial charge is 0.258 e. The molecule has 1 amide bonds. The molecule has 0 radical (unpaired) electrons. The highest BCUT2D eigenvalue weighted by atomic mass is 32.2. The molecule has 3 rings (SSSR count). The van der Waals surface area contributed by atoms with Crippen LogP contribution in [0.2, 0.25) is 0 Å². The third-order valence-corrected chi connectivity index (χ3v) is 5.88. The van der Waals surface area contributed by atoms with Gasteiger partial charge in [0, 0.05) is 11.3 Å². The van der Waals surface area contributed by atoms with Crippen molar-refractivity contribution in [2.24, 2.45) is 0 Å². The van der Waals surface area contributed by atoms with Crippen molar-refractivity contribution in [3.63, 3.8) is 0 Å². The van der Waals surface area contributed by atoms with Crippen molar-refractivity contribution >= 4 is 21.4 Å². The van der Waals surface area contributed by atoms with Crippen molar-refractivity contribution in [1.82, 2.24) is 0 Å². The Morgan fingerprint density at radius 3 is 2.21 bits per heavy atom. The molecule has 126 valence electrons. The molecule has 0 spiro atoms. The van der Waals surface area contributed by atoms with Crippen molar-refractivity contribution in [3.05, 3.63) is 65.7 Å². The van der Waals surface area contributed by atoms with E-state index in [4.69, 9.17) is 0 Å². The Balaban J connectivity index is 2.04. The molecule has 5 nitrogen and oxygen atoms in total. The number of hydrogen-bond acceptors (Lipinski definition) is 4. The van der Waals surface area contributed by atoms with E-state index in [1.165, 1.54) is 4.90 Å². The standard InChI is InChI=1S/C18H19NO4S/c1-13-7-9-15(10-8-13)19(16-11-24(22,23)12-17(16)20)18(21)14-5-3-2-4-6-14/h2-10,16-17,20H,11-12H2,1H3/t16-,17+/m1/s1. The number of nitrogens with zero attached hydrogens (tertiary/aromatic N) is 1. The third-order valence-electron chi connectivity index (χ3n) is 4.18. The number of aryl methyl sites for hydroxylation is 1. The van der Waals surface area contributed by atoms with E-state index in [1.54, 1.807) is 36.4 Å². The Bertz CT molecular complexity index is 831.